The van der Waals surface area contributed by atoms with Crippen molar-refractivity contribution in [1.82, 2.24) is 4.98 Å². The monoisotopic (exact) mass is 363 g/mol. The topological polar surface area (TPSA) is 45.2 Å². The lowest BCUT2D eigenvalue weighted by Gasteiger charge is -2.32. The second-order valence-corrected chi connectivity index (χ2v) is 6.99. The highest BCUT2D eigenvalue weighted by Gasteiger charge is 2.18. The van der Waals surface area contributed by atoms with Crippen LogP contribution >= 0.6 is 23.2 Å². The van der Waals surface area contributed by atoms with Crippen molar-refractivity contribution >= 4 is 40.5 Å². The van der Waals surface area contributed by atoms with Crippen molar-refractivity contribution in [3.63, 3.8) is 0 Å². The zero-order chi connectivity index (χ0) is 17.1. The minimum absolute atomic E-state index is 0.264. The Morgan fingerprint density at radius 1 is 1.25 bits per heavy atom. The molecule has 126 valence electrons. The molecule has 1 aromatic carbocycles. The fourth-order valence-electron chi connectivity index (χ4n) is 2.93. The van der Waals surface area contributed by atoms with E-state index >= 15 is 0 Å². The van der Waals surface area contributed by atoms with Crippen LogP contribution in [-0.4, -0.2) is 24.0 Å². The maximum Gasteiger partial charge on any atom is 0.274 e. The molecule has 1 aliphatic rings. The Bertz CT molecular complexity index is 751. The predicted octanol–water partition coefficient (Wildman–Crippen LogP) is 4.88. The molecule has 2 aromatic rings. The third kappa shape index (κ3) is 4.00. The molecule has 24 heavy (non-hydrogen) atoms. The first-order valence-corrected chi connectivity index (χ1v) is 8.76. The summed E-state index contributed by atoms with van der Waals surface area (Å²) in [5.41, 5.74) is 2.01. The number of aromatic nitrogens is 1. The summed E-state index contributed by atoms with van der Waals surface area (Å²) >= 11 is 11.9. The molecule has 2 heterocycles. The normalized spacial score (nSPS) is 17.6. The number of piperidine rings is 1. The molecule has 1 atom stereocenters. The van der Waals surface area contributed by atoms with E-state index in [4.69, 9.17) is 23.2 Å². The van der Waals surface area contributed by atoms with Crippen LogP contribution in [0, 0.1) is 5.92 Å². The minimum Gasteiger partial charge on any atom is -0.371 e. The molecule has 1 unspecified atom stereocenters. The first kappa shape index (κ1) is 17.1. The molecule has 0 saturated carbocycles. The number of nitrogens with one attached hydrogen (secondary N) is 1. The quantitative estimate of drug-likeness (QED) is 0.845. The van der Waals surface area contributed by atoms with Crippen molar-refractivity contribution in [2.75, 3.05) is 23.3 Å². The Morgan fingerprint density at radius 2 is 2.08 bits per heavy atom. The third-order valence-corrected chi connectivity index (χ3v) is 4.91. The van der Waals surface area contributed by atoms with E-state index in [-0.39, 0.29) is 5.91 Å². The zero-order valence-electron chi connectivity index (χ0n) is 13.4. The van der Waals surface area contributed by atoms with Gasteiger partial charge >= 0.3 is 0 Å². The van der Waals surface area contributed by atoms with Crippen molar-refractivity contribution in [3.8, 4) is 0 Å². The SMILES string of the molecule is CC1CCCN(c2ccnc(C(=O)Nc3ccc(Cl)c(Cl)c3)c2)C1. The minimum atomic E-state index is -0.264. The summed E-state index contributed by atoms with van der Waals surface area (Å²) in [4.78, 5) is 18.9. The van der Waals surface area contributed by atoms with E-state index in [0.717, 1.165) is 18.8 Å². The van der Waals surface area contributed by atoms with Gasteiger partial charge in [0.25, 0.3) is 5.91 Å². The molecule has 1 fully saturated rings. The zero-order valence-corrected chi connectivity index (χ0v) is 14.9. The number of nitrogens with zero attached hydrogens (tertiary/aromatic N) is 2. The maximum atomic E-state index is 12.4. The van der Waals surface area contributed by atoms with E-state index in [1.165, 1.54) is 12.8 Å². The highest BCUT2D eigenvalue weighted by Crippen LogP contribution is 2.26. The molecule has 6 heteroatoms. The van der Waals surface area contributed by atoms with Crippen LogP contribution in [0.15, 0.2) is 36.5 Å². The van der Waals surface area contributed by atoms with Crippen molar-refractivity contribution in [2.24, 2.45) is 5.92 Å². The Kier molecular flexibility index (Phi) is 5.27. The van der Waals surface area contributed by atoms with Gasteiger partial charge in [0.05, 0.1) is 10.0 Å². The van der Waals surface area contributed by atoms with Crippen LogP contribution in [0.25, 0.3) is 0 Å². The first-order valence-electron chi connectivity index (χ1n) is 8.00. The summed E-state index contributed by atoms with van der Waals surface area (Å²) in [7, 11) is 0. The molecule has 3 rings (SSSR count). The standard InChI is InChI=1S/C18H19Cl2N3O/c1-12-3-2-8-23(11-12)14-6-7-21-17(10-14)18(24)22-13-4-5-15(19)16(20)9-13/h4-7,9-10,12H,2-3,8,11H2,1H3,(H,22,24). The summed E-state index contributed by atoms with van der Waals surface area (Å²) in [6.45, 7) is 4.28. The smallest absolute Gasteiger partial charge is 0.274 e. The molecule has 1 amide bonds. The van der Waals surface area contributed by atoms with Crippen LogP contribution in [0.5, 0.6) is 0 Å². The molecule has 1 N–H and O–H groups in total. The molecule has 1 saturated heterocycles. The van der Waals surface area contributed by atoms with Crippen LogP contribution in [0.4, 0.5) is 11.4 Å². The van der Waals surface area contributed by atoms with Gasteiger partial charge in [-0.1, -0.05) is 30.1 Å². The number of carbonyl (C=O) groups excluding carboxylic acids is 1. The number of carbonyl (C=O) groups is 1. The number of anilines is 2. The first-order chi connectivity index (χ1) is 11.5. The van der Waals surface area contributed by atoms with Crippen LogP contribution < -0.4 is 10.2 Å². The number of hydrogen-bond acceptors (Lipinski definition) is 3. The molecule has 0 radical (unpaired) electrons. The highest BCUT2D eigenvalue weighted by atomic mass is 35.5. The maximum absolute atomic E-state index is 12.4. The van der Waals surface area contributed by atoms with Crippen molar-refractivity contribution in [3.05, 3.63) is 52.3 Å². The largest absolute Gasteiger partial charge is 0.371 e. The van der Waals surface area contributed by atoms with Crippen LogP contribution in [0.2, 0.25) is 10.0 Å². The Balaban J connectivity index is 1.75. The third-order valence-electron chi connectivity index (χ3n) is 4.18. The van der Waals surface area contributed by atoms with Gasteiger partial charge in [-0.05, 0) is 49.1 Å². The number of amides is 1. The Labute approximate surface area is 151 Å². The van der Waals surface area contributed by atoms with Crippen LogP contribution in [0.1, 0.15) is 30.3 Å². The number of halogens is 2. The van der Waals surface area contributed by atoms with Crippen LogP contribution in [0.3, 0.4) is 0 Å². The molecule has 0 aliphatic carbocycles. The van der Waals surface area contributed by atoms with E-state index in [1.807, 2.05) is 12.1 Å². The van der Waals surface area contributed by atoms with Crippen molar-refractivity contribution < 1.29 is 4.79 Å². The Hall–Kier alpha value is -1.78. The van der Waals surface area contributed by atoms with E-state index in [0.29, 0.717) is 27.3 Å². The van der Waals surface area contributed by atoms with Crippen LogP contribution in [-0.2, 0) is 0 Å². The van der Waals surface area contributed by atoms with Gasteiger partial charge in [0.2, 0.25) is 0 Å². The van der Waals surface area contributed by atoms with E-state index in [2.05, 4.69) is 22.1 Å². The van der Waals surface area contributed by atoms with Gasteiger partial charge in [-0.15, -0.1) is 0 Å². The second-order valence-electron chi connectivity index (χ2n) is 6.18. The van der Waals surface area contributed by atoms with E-state index < -0.39 is 0 Å². The molecule has 0 bridgehead atoms. The fraction of sp³-hybridized carbons (Fsp3) is 0.333. The summed E-state index contributed by atoms with van der Waals surface area (Å²) in [6.07, 6.45) is 4.11. The van der Waals surface area contributed by atoms with Gasteiger partial charge in [-0.25, -0.2) is 0 Å². The van der Waals surface area contributed by atoms with Gasteiger partial charge in [0.1, 0.15) is 5.69 Å². The average molecular weight is 364 g/mol. The molecule has 0 spiro atoms. The van der Waals surface area contributed by atoms with E-state index in [1.54, 1.807) is 24.4 Å². The lowest BCUT2D eigenvalue weighted by Crippen LogP contribution is -2.34. The predicted molar refractivity (Wildman–Crippen MR) is 99.3 cm³/mol. The number of rotatable bonds is 3. The highest BCUT2D eigenvalue weighted by molar-refractivity contribution is 6.42. The molecule has 1 aromatic heterocycles. The Morgan fingerprint density at radius 3 is 2.83 bits per heavy atom. The van der Waals surface area contributed by atoms with Gasteiger partial charge < -0.3 is 10.2 Å². The average Bonchev–Trinajstić information content (AvgIpc) is 2.58. The fourth-order valence-corrected chi connectivity index (χ4v) is 3.23. The molecular weight excluding hydrogens is 345 g/mol. The van der Waals surface area contributed by atoms with Crippen molar-refractivity contribution in [2.45, 2.75) is 19.8 Å². The van der Waals surface area contributed by atoms with Gasteiger partial charge in [-0.2, -0.15) is 0 Å². The lowest BCUT2D eigenvalue weighted by molar-refractivity contribution is 0.102. The van der Waals surface area contributed by atoms with E-state index in [9.17, 15) is 4.79 Å². The second kappa shape index (κ2) is 7.41. The summed E-state index contributed by atoms with van der Waals surface area (Å²) in [5, 5.41) is 3.66. The van der Waals surface area contributed by atoms with Gasteiger partial charge in [-0.3, -0.25) is 9.78 Å². The number of hydrogen-bond donors (Lipinski definition) is 1. The number of benzene rings is 1. The summed E-state index contributed by atoms with van der Waals surface area (Å²) in [5.74, 6) is 0.403. The summed E-state index contributed by atoms with van der Waals surface area (Å²) < 4.78 is 0. The van der Waals surface area contributed by atoms with Crippen molar-refractivity contribution in [1.29, 1.82) is 0 Å². The number of pyridine rings is 1. The molecule has 1 aliphatic heterocycles. The lowest BCUT2D eigenvalue weighted by atomic mass is 10.00. The molecule has 4 nitrogen and oxygen atoms in total. The van der Waals surface area contributed by atoms with Gasteiger partial charge in [0, 0.05) is 30.7 Å². The molecular formula is C18H19Cl2N3O. The van der Waals surface area contributed by atoms with Gasteiger partial charge in [0.15, 0.2) is 0 Å². The summed E-state index contributed by atoms with van der Waals surface area (Å²) in [6, 6.07) is 8.78.